The molecule has 2 rings (SSSR count). The largest absolute Gasteiger partial charge is 0.308 e. The molecule has 0 amide bonds. The fraction of sp³-hybridized carbons (Fsp3) is 0.300. The van der Waals surface area contributed by atoms with Gasteiger partial charge in [-0.1, -0.05) is 13.8 Å². The van der Waals surface area contributed by atoms with E-state index in [-0.39, 0.29) is 0 Å². The lowest BCUT2D eigenvalue weighted by Gasteiger charge is -1.96. The molecule has 2 heteroatoms. The van der Waals surface area contributed by atoms with Crippen LogP contribution in [0, 0.1) is 0 Å². The first-order chi connectivity index (χ1) is 5.77. The molecule has 0 aliphatic carbocycles. The molecule has 0 saturated heterocycles. The normalized spacial score (nSPS) is 11.2. The van der Waals surface area contributed by atoms with Crippen molar-refractivity contribution in [2.75, 3.05) is 0 Å². The molecular weight excluding hydrogens is 148 g/mol. The fourth-order valence-corrected chi connectivity index (χ4v) is 1.30. The Labute approximate surface area is 71.9 Å². The summed E-state index contributed by atoms with van der Waals surface area (Å²) in [6, 6.07) is 4.22. The Bertz CT molecular complexity index is 354. The van der Waals surface area contributed by atoms with E-state index in [4.69, 9.17) is 0 Å². The highest BCUT2D eigenvalue weighted by Crippen LogP contribution is 2.17. The van der Waals surface area contributed by atoms with Gasteiger partial charge in [-0.2, -0.15) is 0 Å². The molecule has 0 fully saturated rings. The van der Waals surface area contributed by atoms with Crippen molar-refractivity contribution >= 4 is 5.52 Å². The van der Waals surface area contributed by atoms with Crippen molar-refractivity contribution in [3.63, 3.8) is 0 Å². The number of rotatable bonds is 1. The number of nitrogens with zero attached hydrogens (tertiary/aromatic N) is 2. The van der Waals surface area contributed by atoms with E-state index in [1.807, 2.05) is 18.6 Å². The molecule has 0 aliphatic rings. The van der Waals surface area contributed by atoms with Crippen molar-refractivity contribution in [3.05, 3.63) is 36.4 Å². The molecule has 2 aromatic heterocycles. The molecule has 0 spiro atoms. The molecule has 2 nitrogen and oxygen atoms in total. The molecule has 62 valence electrons. The molecule has 0 atom stereocenters. The van der Waals surface area contributed by atoms with Crippen LogP contribution in [0.15, 0.2) is 30.9 Å². The molecule has 0 unspecified atom stereocenters. The Morgan fingerprint density at radius 2 is 2.25 bits per heavy atom. The quantitative estimate of drug-likeness (QED) is 0.626. The second kappa shape index (κ2) is 2.63. The van der Waals surface area contributed by atoms with E-state index in [1.165, 1.54) is 11.1 Å². The summed E-state index contributed by atoms with van der Waals surface area (Å²) in [5.41, 5.74) is 2.58. The van der Waals surface area contributed by atoms with Crippen molar-refractivity contribution in [3.8, 4) is 0 Å². The highest BCUT2D eigenvalue weighted by Gasteiger charge is 2.01. The van der Waals surface area contributed by atoms with Gasteiger partial charge < -0.3 is 4.40 Å². The van der Waals surface area contributed by atoms with Gasteiger partial charge in [0.15, 0.2) is 0 Å². The van der Waals surface area contributed by atoms with E-state index in [9.17, 15) is 0 Å². The van der Waals surface area contributed by atoms with Crippen molar-refractivity contribution < 1.29 is 0 Å². The van der Waals surface area contributed by atoms with E-state index in [0.717, 1.165) is 0 Å². The maximum atomic E-state index is 4.05. The number of hydrogen-bond donors (Lipinski definition) is 0. The van der Waals surface area contributed by atoms with Gasteiger partial charge in [-0.3, -0.25) is 0 Å². The van der Waals surface area contributed by atoms with Gasteiger partial charge in [0.05, 0.1) is 6.33 Å². The lowest BCUT2D eigenvalue weighted by molar-refractivity contribution is 0.865. The van der Waals surface area contributed by atoms with Gasteiger partial charge in [-0.25, -0.2) is 4.98 Å². The van der Waals surface area contributed by atoms with Gasteiger partial charge in [0.25, 0.3) is 0 Å². The zero-order valence-corrected chi connectivity index (χ0v) is 7.36. The average molecular weight is 160 g/mol. The summed E-state index contributed by atoms with van der Waals surface area (Å²) < 4.78 is 2.05. The first kappa shape index (κ1) is 7.35. The fourth-order valence-electron chi connectivity index (χ4n) is 1.30. The summed E-state index contributed by atoms with van der Waals surface area (Å²) in [7, 11) is 0. The van der Waals surface area contributed by atoms with E-state index in [1.54, 1.807) is 0 Å². The number of fused-ring (bicyclic) bond motifs is 1. The van der Waals surface area contributed by atoms with Crippen molar-refractivity contribution in [1.29, 1.82) is 0 Å². The van der Waals surface area contributed by atoms with Gasteiger partial charge in [-0.15, -0.1) is 0 Å². The van der Waals surface area contributed by atoms with Crippen LogP contribution in [0.3, 0.4) is 0 Å². The Kier molecular flexibility index (Phi) is 1.61. The summed E-state index contributed by atoms with van der Waals surface area (Å²) in [6.45, 7) is 4.39. The highest BCUT2D eigenvalue weighted by molar-refractivity contribution is 5.49. The Balaban J connectivity index is 2.62. The van der Waals surface area contributed by atoms with Crippen molar-refractivity contribution in [2.45, 2.75) is 19.8 Å². The molecular formula is C10H12N2. The van der Waals surface area contributed by atoms with E-state index >= 15 is 0 Å². The number of hydrogen-bond acceptors (Lipinski definition) is 1. The van der Waals surface area contributed by atoms with E-state index in [0.29, 0.717) is 5.92 Å². The maximum absolute atomic E-state index is 4.05. The second-order valence-corrected chi connectivity index (χ2v) is 3.34. The standard InChI is InChI=1S/C10H12N2/c1-8(2)9-5-10-3-4-11-7-12(10)6-9/h3-8H,1-2H3. The third-order valence-corrected chi connectivity index (χ3v) is 2.09. The van der Waals surface area contributed by atoms with Crippen LogP contribution >= 0.6 is 0 Å². The smallest absolute Gasteiger partial charge is 0.0990 e. The van der Waals surface area contributed by atoms with Crippen LogP contribution in [-0.2, 0) is 0 Å². The van der Waals surface area contributed by atoms with Crippen molar-refractivity contribution in [1.82, 2.24) is 9.38 Å². The molecule has 0 bridgehead atoms. The molecule has 0 aromatic carbocycles. The SMILES string of the molecule is CC(C)c1cc2ccncn2c1. The summed E-state index contributed by atoms with van der Waals surface area (Å²) in [5.74, 6) is 0.588. The molecule has 0 radical (unpaired) electrons. The minimum absolute atomic E-state index is 0.588. The van der Waals surface area contributed by atoms with Crippen molar-refractivity contribution in [2.24, 2.45) is 0 Å². The van der Waals surface area contributed by atoms with E-state index < -0.39 is 0 Å². The van der Waals surface area contributed by atoms with Crippen LogP contribution in [0.4, 0.5) is 0 Å². The first-order valence-electron chi connectivity index (χ1n) is 4.19. The molecule has 0 N–H and O–H groups in total. The van der Waals surface area contributed by atoms with Crippen LogP contribution in [0.5, 0.6) is 0 Å². The minimum atomic E-state index is 0.588. The van der Waals surface area contributed by atoms with Gasteiger partial charge in [0.1, 0.15) is 0 Å². The third-order valence-electron chi connectivity index (χ3n) is 2.09. The minimum Gasteiger partial charge on any atom is -0.308 e. The predicted molar refractivity (Wildman–Crippen MR) is 49.3 cm³/mol. The Morgan fingerprint density at radius 1 is 1.42 bits per heavy atom. The average Bonchev–Trinajstić information content (AvgIpc) is 2.46. The monoisotopic (exact) mass is 160 g/mol. The Hall–Kier alpha value is -1.31. The van der Waals surface area contributed by atoms with Gasteiger partial charge >= 0.3 is 0 Å². The lowest BCUT2D eigenvalue weighted by Crippen LogP contribution is -1.83. The summed E-state index contributed by atoms with van der Waals surface area (Å²) >= 11 is 0. The first-order valence-corrected chi connectivity index (χ1v) is 4.19. The lowest BCUT2D eigenvalue weighted by atomic mass is 10.1. The van der Waals surface area contributed by atoms with Crippen LogP contribution in [0.1, 0.15) is 25.3 Å². The Morgan fingerprint density at radius 3 is 2.92 bits per heavy atom. The predicted octanol–water partition coefficient (Wildman–Crippen LogP) is 2.46. The van der Waals surface area contributed by atoms with Gasteiger partial charge in [0, 0.05) is 17.9 Å². The third kappa shape index (κ3) is 1.09. The molecule has 2 heterocycles. The topological polar surface area (TPSA) is 17.3 Å². The van der Waals surface area contributed by atoms with Crippen LogP contribution in [0.25, 0.3) is 5.52 Å². The van der Waals surface area contributed by atoms with E-state index in [2.05, 4.69) is 35.5 Å². The highest BCUT2D eigenvalue weighted by atomic mass is 14.9. The van der Waals surface area contributed by atoms with Gasteiger partial charge in [-0.05, 0) is 23.6 Å². The van der Waals surface area contributed by atoms with Crippen LogP contribution < -0.4 is 0 Å². The van der Waals surface area contributed by atoms with Crippen LogP contribution in [0.2, 0.25) is 0 Å². The second-order valence-electron chi connectivity index (χ2n) is 3.34. The molecule has 0 saturated carbocycles. The summed E-state index contributed by atoms with van der Waals surface area (Å²) in [6.07, 6.45) is 5.79. The molecule has 0 aliphatic heterocycles. The summed E-state index contributed by atoms with van der Waals surface area (Å²) in [4.78, 5) is 4.05. The number of aromatic nitrogens is 2. The van der Waals surface area contributed by atoms with Crippen LogP contribution in [-0.4, -0.2) is 9.38 Å². The zero-order chi connectivity index (χ0) is 8.55. The zero-order valence-electron chi connectivity index (χ0n) is 7.36. The molecule has 2 aromatic rings. The van der Waals surface area contributed by atoms with Gasteiger partial charge in [0.2, 0.25) is 0 Å². The maximum Gasteiger partial charge on any atom is 0.0990 e. The molecule has 12 heavy (non-hydrogen) atoms. The summed E-state index contributed by atoms with van der Waals surface area (Å²) in [5, 5.41) is 0.